The van der Waals surface area contributed by atoms with E-state index in [1.54, 1.807) is 0 Å². The maximum atomic E-state index is 8.46. The lowest BCUT2D eigenvalue weighted by atomic mass is 10.0. The maximum Gasteiger partial charge on any atom is 0.179 e. The minimum Gasteiger partial charge on any atom is -0.455 e. The molecule has 0 atom stereocenters. The molecule has 0 fully saturated rings. The van der Waals surface area contributed by atoms with Gasteiger partial charge in [0.15, 0.2) is 11.5 Å². The summed E-state index contributed by atoms with van der Waals surface area (Å²) >= 11 is 0. The van der Waals surface area contributed by atoms with Crippen molar-refractivity contribution >= 4 is 33.1 Å². The molecule has 4 aromatic carbocycles. The highest BCUT2D eigenvalue weighted by atomic mass is 16.3. The molecule has 37 heavy (non-hydrogen) atoms. The lowest BCUT2D eigenvalue weighted by molar-refractivity contribution is 0.667. The summed E-state index contributed by atoms with van der Waals surface area (Å²) in [7, 11) is 0. The summed E-state index contributed by atoms with van der Waals surface area (Å²) in [6, 6.07) is 36.8. The average Bonchev–Trinajstić information content (AvgIpc) is 3.51. The number of nitrogens with zero attached hydrogens (tertiary/aromatic N) is 3. The molecule has 0 bridgehead atoms. The first-order chi connectivity index (χ1) is 18.5. The van der Waals surface area contributed by atoms with Gasteiger partial charge in [0.25, 0.3) is 0 Å². The number of fused-ring (bicyclic) bond motifs is 4. The second kappa shape index (κ2) is 8.45. The molecule has 0 saturated heterocycles. The summed E-state index contributed by atoms with van der Waals surface area (Å²) in [6.45, 7) is 3.78. The number of aromatic nitrogens is 3. The van der Waals surface area contributed by atoms with Gasteiger partial charge in [0.2, 0.25) is 0 Å². The zero-order valence-corrected chi connectivity index (χ0v) is 20.6. The van der Waals surface area contributed by atoms with E-state index in [0.717, 1.165) is 61.4 Å². The van der Waals surface area contributed by atoms with Gasteiger partial charge in [-0.15, -0.1) is 0 Å². The van der Waals surface area contributed by atoms with E-state index in [0.29, 0.717) is 5.65 Å². The van der Waals surface area contributed by atoms with Crippen LogP contribution in [0.5, 0.6) is 0 Å². The molecule has 3 heterocycles. The van der Waals surface area contributed by atoms with E-state index in [2.05, 4.69) is 59.2 Å². The first-order valence-electron chi connectivity index (χ1n) is 12.9. The summed E-state index contributed by atoms with van der Waals surface area (Å²) in [5.41, 5.74) is 7.91. The fourth-order valence-corrected chi connectivity index (χ4v) is 5.04. The summed E-state index contributed by atoms with van der Waals surface area (Å²) in [6.07, 6.45) is 0. The second-order valence-electron chi connectivity index (χ2n) is 9.51. The molecule has 0 N–H and O–H groups in total. The minimum absolute atomic E-state index is 0.677. The normalized spacial score (nSPS) is 12.4. The van der Waals surface area contributed by atoms with Crippen molar-refractivity contribution in [2.75, 3.05) is 0 Å². The smallest absolute Gasteiger partial charge is 0.179 e. The highest BCUT2D eigenvalue weighted by molar-refractivity contribution is 6.09. The average molecular weight is 481 g/mol. The predicted octanol–water partition coefficient (Wildman–Crippen LogP) is 8.78. The first-order valence-corrected chi connectivity index (χ1v) is 12.4. The van der Waals surface area contributed by atoms with Crippen LogP contribution in [0.4, 0.5) is 0 Å². The summed E-state index contributed by atoms with van der Waals surface area (Å²) < 4.78 is 17.1. The molecule has 0 amide bonds. The molecule has 0 aliphatic rings. The molecule has 0 aliphatic heterocycles. The Morgan fingerprint density at radius 1 is 0.757 bits per heavy atom. The molecular weight excluding hydrogens is 454 g/mol. The van der Waals surface area contributed by atoms with Crippen molar-refractivity contribution in [3.8, 4) is 28.3 Å². The van der Waals surface area contributed by atoms with Gasteiger partial charge < -0.3 is 4.42 Å². The fourth-order valence-electron chi connectivity index (χ4n) is 5.04. The molecule has 7 rings (SSSR count). The molecule has 0 radical (unpaired) electrons. The zero-order valence-electron chi connectivity index (χ0n) is 21.6. The van der Waals surface area contributed by atoms with Gasteiger partial charge >= 0.3 is 0 Å². The second-order valence-corrected chi connectivity index (χ2v) is 9.51. The third kappa shape index (κ3) is 3.53. The van der Waals surface area contributed by atoms with Gasteiger partial charge in [0, 0.05) is 23.4 Å². The number of furan rings is 1. The number of benzene rings is 4. The van der Waals surface area contributed by atoms with Crippen molar-refractivity contribution in [3.63, 3.8) is 0 Å². The molecule has 0 saturated carbocycles. The topological polar surface area (TPSA) is 43.9 Å². The highest BCUT2D eigenvalue weighted by Gasteiger charge is 2.21. The third-order valence-electron chi connectivity index (χ3n) is 6.92. The van der Waals surface area contributed by atoms with Crippen molar-refractivity contribution in [3.05, 3.63) is 115 Å². The van der Waals surface area contributed by atoms with Crippen LogP contribution in [-0.4, -0.2) is 14.5 Å². The van der Waals surface area contributed by atoms with Crippen LogP contribution in [0.2, 0.25) is 0 Å². The summed E-state index contributed by atoms with van der Waals surface area (Å²) in [5.74, 6) is 0.0639. The van der Waals surface area contributed by atoms with Gasteiger partial charge in [-0.05, 0) is 47.9 Å². The molecule has 3 aromatic heterocycles. The molecule has 4 nitrogen and oxygen atoms in total. The Morgan fingerprint density at radius 3 is 2.32 bits per heavy atom. The zero-order chi connectivity index (χ0) is 25.9. The number of hydrogen-bond donors (Lipinski definition) is 0. The Morgan fingerprint density at radius 2 is 1.54 bits per heavy atom. The Kier molecular flexibility index (Phi) is 4.68. The van der Waals surface area contributed by atoms with Crippen LogP contribution in [0.15, 0.2) is 114 Å². The Hall–Kier alpha value is -4.70. The van der Waals surface area contributed by atoms with E-state index in [1.165, 1.54) is 0 Å². The predicted molar refractivity (Wildman–Crippen MR) is 151 cm³/mol. The molecule has 178 valence electrons. The van der Waals surface area contributed by atoms with Gasteiger partial charge in [-0.25, -0.2) is 9.97 Å². The summed E-state index contributed by atoms with van der Waals surface area (Å²) in [5, 5.41) is 2.05. The van der Waals surface area contributed by atoms with E-state index < -0.39 is 5.89 Å². The van der Waals surface area contributed by atoms with Crippen molar-refractivity contribution in [2.45, 2.75) is 19.7 Å². The van der Waals surface area contributed by atoms with Crippen LogP contribution in [0.1, 0.15) is 26.7 Å². The molecule has 4 heteroatoms. The van der Waals surface area contributed by atoms with Gasteiger partial charge in [-0.1, -0.05) is 86.6 Å². The van der Waals surface area contributed by atoms with Crippen LogP contribution in [0.3, 0.4) is 0 Å². The number of rotatable bonds is 4. The number of imidazole rings is 1. The lowest BCUT2D eigenvalue weighted by Gasteiger charge is -2.10. The van der Waals surface area contributed by atoms with Crippen molar-refractivity contribution in [1.29, 1.82) is 0 Å². The van der Waals surface area contributed by atoms with E-state index in [9.17, 15) is 0 Å². The van der Waals surface area contributed by atoms with E-state index >= 15 is 0 Å². The Labute approximate surface area is 216 Å². The van der Waals surface area contributed by atoms with Gasteiger partial charge in [0.1, 0.15) is 11.2 Å². The van der Waals surface area contributed by atoms with Gasteiger partial charge in [0.05, 0.1) is 16.8 Å². The molecule has 0 spiro atoms. The quantitative estimate of drug-likeness (QED) is 0.253. The molecule has 0 unspecified atom stereocenters. The van der Waals surface area contributed by atoms with Crippen molar-refractivity contribution < 1.29 is 5.79 Å². The molecule has 0 aliphatic carbocycles. The number of pyridine rings is 1. The van der Waals surface area contributed by atoms with Crippen LogP contribution in [-0.2, 0) is 0 Å². The maximum absolute atomic E-state index is 8.46. The van der Waals surface area contributed by atoms with E-state index in [1.807, 2.05) is 68.4 Å². The largest absolute Gasteiger partial charge is 0.455 e. The standard InChI is InChI=1S/C33H25N3O/c1-21(2)23-16-17-25-26-14-9-15-27(31(26)37-30(25)20-23)33-35-32-29(36(33)24-12-7-4-8-13-24)19-18-28(34-32)22-10-5-3-6-11-22/h3-21H,1-2H3/i21D. The Balaban J connectivity index is 1.50. The fraction of sp³-hybridized carbons (Fsp3) is 0.0909. The lowest BCUT2D eigenvalue weighted by Crippen LogP contribution is -1.97. The van der Waals surface area contributed by atoms with Crippen LogP contribution < -0.4 is 0 Å². The molecule has 7 aromatic rings. The monoisotopic (exact) mass is 480 g/mol. The van der Waals surface area contributed by atoms with Gasteiger partial charge in [-0.3, -0.25) is 4.57 Å². The third-order valence-corrected chi connectivity index (χ3v) is 6.92. The minimum atomic E-state index is -0.709. The first kappa shape index (κ1) is 20.5. The highest BCUT2D eigenvalue weighted by Crippen LogP contribution is 2.38. The van der Waals surface area contributed by atoms with Crippen LogP contribution in [0.25, 0.3) is 61.4 Å². The van der Waals surface area contributed by atoms with Gasteiger partial charge in [-0.2, -0.15) is 0 Å². The van der Waals surface area contributed by atoms with Crippen molar-refractivity contribution in [1.82, 2.24) is 14.5 Å². The number of hydrogen-bond acceptors (Lipinski definition) is 3. The Bertz CT molecular complexity index is 1950. The molecular formula is C33H25N3O. The van der Waals surface area contributed by atoms with Crippen LogP contribution in [0, 0.1) is 0 Å². The van der Waals surface area contributed by atoms with Crippen molar-refractivity contribution in [2.24, 2.45) is 0 Å². The SMILES string of the molecule is [2H]C(C)(C)c1ccc2c(c1)oc1c(-c3nc4nc(-c5ccccc5)ccc4n3-c3ccccc3)cccc12. The van der Waals surface area contributed by atoms with Crippen LogP contribution >= 0.6 is 0 Å². The van der Waals surface area contributed by atoms with E-state index in [-0.39, 0.29) is 0 Å². The summed E-state index contributed by atoms with van der Waals surface area (Å²) in [4.78, 5) is 10.0. The van der Waals surface area contributed by atoms with E-state index in [4.69, 9.17) is 15.8 Å². The number of para-hydroxylation sites is 2.